The predicted octanol–water partition coefficient (Wildman–Crippen LogP) is 3.79. The third-order valence-corrected chi connectivity index (χ3v) is 7.72. The molecule has 0 radical (unpaired) electrons. The molecule has 0 aromatic heterocycles. The summed E-state index contributed by atoms with van der Waals surface area (Å²) in [5.41, 5.74) is -0.0164. The van der Waals surface area contributed by atoms with Crippen LogP contribution in [0.25, 0.3) is 0 Å². The van der Waals surface area contributed by atoms with Crippen molar-refractivity contribution in [3.8, 4) is 0 Å². The van der Waals surface area contributed by atoms with Gasteiger partial charge in [0.15, 0.2) is 0 Å². The first-order valence-electron chi connectivity index (χ1n) is 7.82. The van der Waals surface area contributed by atoms with Crippen molar-refractivity contribution < 1.29 is 5.11 Å². The van der Waals surface area contributed by atoms with Crippen LogP contribution in [-0.2, 0) is 0 Å². The second-order valence-electron chi connectivity index (χ2n) is 7.18. The van der Waals surface area contributed by atoms with Gasteiger partial charge in [0.1, 0.15) is 0 Å². The topological polar surface area (TPSA) is 20.2 Å². The van der Waals surface area contributed by atoms with Crippen molar-refractivity contribution in [2.24, 2.45) is 11.3 Å². The van der Waals surface area contributed by atoms with Gasteiger partial charge in [-0.15, -0.1) is 0 Å². The molecule has 1 nitrogen and oxygen atoms in total. The van der Waals surface area contributed by atoms with Gasteiger partial charge in [0, 0.05) is 0 Å². The van der Waals surface area contributed by atoms with Crippen molar-refractivity contribution in [1.82, 2.24) is 0 Å². The average molecular weight is 339 g/mol. The second kappa shape index (κ2) is 6.22. The van der Waals surface area contributed by atoms with Crippen LogP contribution in [0.5, 0.6) is 0 Å². The summed E-state index contributed by atoms with van der Waals surface area (Å²) in [5.74, 6) is 0.733. The molecule has 0 heterocycles. The molecule has 1 aromatic rings. The summed E-state index contributed by atoms with van der Waals surface area (Å²) in [6, 6.07) is 10.8. The Kier molecular flexibility index (Phi) is 5.00. The Morgan fingerprint density at radius 2 is 1.95 bits per heavy atom. The van der Waals surface area contributed by atoms with Crippen LogP contribution in [0.1, 0.15) is 53.4 Å². The molecule has 1 aliphatic carbocycles. The molecule has 1 N–H and O–H groups in total. The summed E-state index contributed by atoms with van der Waals surface area (Å²) < 4.78 is 1.61. The minimum absolute atomic E-state index is 0.0164. The minimum atomic E-state index is -0.183. The molecule has 1 unspecified atom stereocenters. The van der Waals surface area contributed by atoms with Crippen molar-refractivity contribution in [3.63, 3.8) is 0 Å². The zero-order valence-electron chi connectivity index (χ0n) is 13.2. The summed E-state index contributed by atoms with van der Waals surface area (Å²) in [5, 5.41) is 10.9. The van der Waals surface area contributed by atoms with Crippen molar-refractivity contribution in [2.45, 2.75) is 63.8 Å². The monoisotopic (exact) mass is 340 g/mol. The third-order valence-electron chi connectivity index (χ3n) is 4.34. The molecule has 1 fully saturated rings. The van der Waals surface area contributed by atoms with Crippen molar-refractivity contribution in [3.05, 3.63) is 30.3 Å². The van der Waals surface area contributed by atoms with Crippen molar-refractivity contribution in [2.75, 3.05) is 0 Å². The van der Waals surface area contributed by atoms with E-state index in [4.69, 9.17) is 0 Å². The summed E-state index contributed by atoms with van der Waals surface area (Å²) >= 11 is 0.374. The zero-order valence-corrected chi connectivity index (χ0v) is 14.9. The summed E-state index contributed by atoms with van der Waals surface area (Å²) in [4.78, 5) is 0. The number of benzene rings is 1. The average Bonchev–Trinajstić information content (AvgIpc) is 3.10. The van der Waals surface area contributed by atoms with Gasteiger partial charge in [0.2, 0.25) is 0 Å². The number of hydrogen-bond acceptors (Lipinski definition) is 1. The molecule has 3 atom stereocenters. The molecule has 2 heteroatoms. The van der Waals surface area contributed by atoms with E-state index in [2.05, 4.69) is 58.0 Å². The van der Waals surface area contributed by atoms with Gasteiger partial charge in [-0.1, -0.05) is 0 Å². The summed E-state index contributed by atoms with van der Waals surface area (Å²) in [6.45, 7) is 8.79. The molecule has 1 aliphatic rings. The van der Waals surface area contributed by atoms with Gasteiger partial charge < -0.3 is 0 Å². The third kappa shape index (κ3) is 3.47. The van der Waals surface area contributed by atoms with E-state index in [1.165, 1.54) is 30.1 Å². The SMILES string of the molecule is CCCC[C@H]1C[C@]1([Se]c1ccccc1)C(O)C(C)(C)C. The molecule has 20 heavy (non-hydrogen) atoms. The van der Waals surface area contributed by atoms with Crippen LogP contribution in [0.4, 0.5) is 0 Å². The van der Waals surface area contributed by atoms with E-state index in [1.54, 1.807) is 0 Å². The molecule has 112 valence electrons. The van der Waals surface area contributed by atoms with Crippen LogP contribution < -0.4 is 4.46 Å². The Bertz CT molecular complexity index is 423. The number of rotatable bonds is 6. The quantitative estimate of drug-likeness (QED) is 0.782. The standard InChI is InChI=1S/C18H28OSe/c1-5-6-10-14-13-18(14,16(19)17(2,3)4)20-15-11-8-7-9-12-15/h7-9,11-12,14,16,19H,5-6,10,13H2,1-4H3/t14-,16?,18+/m0/s1. The normalized spacial score (nSPS) is 27.4. The van der Waals surface area contributed by atoms with Crippen molar-refractivity contribution in [1.29, 1.82) is 0 Å². The molecule has 0 bridgehead atoms. The molecule has 0 aliphatic heterocycles. The van der Waals surface area contributed by atoms with Gasteiger partial charge in [-0.25, -0.2) is 0 Å². The van der Waals surface area contributed by atoms with E-state index in [0.29, 0.717) is 15.0 Å². The van der Waals surface area contributed by atoms with Crippen LogP contribution in [0.3, 0.4) is 0 Å². The first kappa shape index (κ1) is 16.1. The predicted molar refractivity (Wildman–Crippen MR) is 87.6 cm³/mol. The molecule has 2 rings (SSSR count). The van der Waals surface area contributed by atoms with E-state index in [1.807, 2.05) is 0 Å². The Labute approximate surface area is 130 Å². The first-order valence-corrected chi connectivity index (χ1v) is 9.53. The van der Waals surface area contributed by atoms with E-state index < -0.39 is 0 Å². The van der Waals surface area contributed by atoms with Crippen molar-refractivity contribution >= 4 is 19.4 Å². The van der Waals surface area contributed by atoms with E-state index in [-0.39, 0.29) is 15.8 Å². The van der Waals surface area contributed by atoms with Gasteiger partial charge >= 0.3 is 130 Å². The Hall–Kier alpha value is -0.301. The molecule has 1 saturated carbocycles. The van der Waals surface area contributed by atoms with Gasteiger partial charge in [-0.05, 0) is 0 Å². The summed E-state index contributed by atoms with van der Waals surface area (Å²) in [6.07, 6.45) is 4.89. The van der Waals surface area contributed by atoms with E-state index in [9.17, 15) is 5.11 Å². The van der Waals surface area contributed by atoms with Crippen LogP contribution >= 0.6 is 0 Å². The Morgan fingerprint density at radius 3 is 2.50 bits per heavy atom. The van der Waals surface area contributed by atoms with Crippen LogP contribution in [-0.4, -0.2) is 26.2 Å². The maximum atomic E-state index is 10.9. The maximum absolute atomic E-state index is 10.9. The number of aliphatic hydroxyl groups is 1. The van der Waals surface area contributed by atoms with Gasteiger partial charge in [-0.2, -0.15) is 0 Å². The second-order valence-corrected chi connectivity index (χ2v) is 10.2. The van der Waals surface area contributed by atoms with E-state index in [0.717, 1.165) is 5.92 Å². The van der Waals surface area contributed by atoms with Crippen LogP contribution in [0, 0.1) is 11.3 Å². The summed E-state index contributed by atoms with van der Waals surface area (Å²) in [7, 11) is 0. The molecular weight excluding hydrogens is 311 g/mol. The fraction of sp³-hybridized carbons (Fsp3) is 0.667. The Morgan fingerprint density at radius 1 is 1.30 bits per heavy atom. The molecule has 1 aromatic carbocycles. The molecule has 0 spiro atoms. The van der Waals surface area contributed by atoms with Crippen LogP contribution in [0.15, 0.2) is 30.3 Å². The van der Waals surface area contributed by atoms with Gasteiger partial charge in [-0.3, -0.25) is 0 Å². The fourth-order valence-electron chi connectivity index (χ4n) is 3.08. The molecular formula is C18H28OSe. The number of hydrogen-bond donors (Lipinski definition) is 1. The first-order chi connectivity index (χ1) is 9.40. The van der Waals surface area contributed by atoms with E-state index >= 15 is 0 Å². The number of unbranched alkanes of at least 4 members (excludes halogenated alkanes) is 1. The number of aliphatic hydroxyl groups excluding tert-OH is 1. The molecule has 0 amide bonds. The Balaban J connectivity index is 2.14. The zero-order chi connectivity index (χ0) is 14.8. The van der Waals surface area contributed by atoms with Crippen LogP contribution in [0.2, 0.25) is 4.31 Å². The molecule has 0 saturated heterocycles. The van der Waals surface area contributed by atoms with Gasteiger partial charge in [0.05, 0.1) is 0 Å². The fourth-order valence-corrected chi connectivity index (χ4v) is 6.79. The van der Waals surface area contributed by atoms with Gasteiger partial charge in [0.25, 0.3) is 0 Å².